The third kappa shape index (κ3) is 3.92. The molecule has 0 heterocycles. The zero-order chi connectivity index (χ0) is 15.9. The molecule has 0 radical (unpaired) electrons. The summed E-state index contributed by atoms with van der Waals surface area (Å²) in [5.74, 6) is 2.54. The molecule has 4 heteroatoms. The molecular formula is C18H23NO3. The van der Waals surface area contributed by atoms with Crippen molar-refractivity contribution in [1.29, 1.82) is 0 Å². The largest absolute Gasteiger partial charge is 0.497 e. The molecule has 0 aliphatic carbocycles. The van der Waals surface area contributed by atoms with Crippen LogP contribution in [0.4, 0.5) is 0 Å². The van der Waals surface area contributed by atoms with Crippen LogP contribution in [0.25, 0.3) is 0 Å². The van der Waals surface area contributed by atoms with Crippen molar-refractivity contribution in [2.45, 2.75) is 20.0 Å². The van der Waals surface area contributed by atoms with Gasteiger partial charge in [-0.25, -0.2) is 0 Å². The lowest BCUT2D eigenvalue weighted by Gasteiger charge is -2.12. The molecular weight excluding hydrogens is 278 g/mol. The van der Waals surface area contributed by atoms with Gasteiger partial charge in [-0.3, -0.25) is 0 Å². The van der Waals surface area contributed by atoms with Crippen molar-refractivity contribution < 1.29 is 14.2 Å². The number of hydrogen-bond donors (Lipinski definition) is 1. The lowest BCUT2D eigenvalue weighted by atomic mass is 10.1. The fourth-order valence-corrected chi connectivity index (χ4v) is 2.31. The normalized spacial score (nSPS) is 10.4. The van der Waals surface area contributed by atoms with Crippen molar-refractivity contribution in [3.05, 3.63) is 53.1 Å². The maximum Gasteiger partial charge on any atom is 0.127 e. The van der Waals surface area contributed by atoms with Crippen molar-refractivity contribution in [3.8, 4) is 17.2 Å². The molecule has 0 fully saturated rings. The van der Waals surface area contributed by atoms with Crippen LogP contribution in [0.2, 0.25) is 0 Å². The topological polar surface area (TPSA) is 39.7 Å². The van der Waals surface area contributed by atoms with Crippen LogP contribution < -0.4 is 19.5 Å². The van der Waals surface area contributed by atoms with E-state index >= 15 is 0 Å². The fourth-order valence-electron chi connectivity index (χ4n) is 2.31. The number of rotatable bonds is 7. The van der Waals surface area contributed by atoms with E-state index in [1.165, 1.54) is 5.56 Å². The van der Waals surface area contributed by atoms with E-state index in [4.69, 9.17) is 14.2 Å². The molecule has 4 nitrogen and oxygen atoms in total. The summed E-state index contributed by atoms with van der Waals surface area (Å²) in [6, 6.07) is 12.1. The maximum absolute atomic E-state index is 5.40. The zero-order valence-electron chi connectivity index (χ0n) is 13.6. The van der Waals surface area contributed by atoms with Gasteiger partial charge in [-0.2, -0.15) is 0 Å². The van der Waals surface area contributed by atoms with E-state index in [9.17, 15) is 0 Å². The van der Waals surface area contributed by atoms with Gasteiger partial charge in [0.25, 0.3) is 0 Å². The molecule has 118 valence electrons. The van der Waals surface area contributed by atoms with Crippen LogP contribution in [0, 0.1) is 6.92 Å². The highest BCUT2D eigenvalue weighted by Gasteiger charge is 2.05. The van der Waals surface area contributed by atoms with Gasteiger partial charge in [0, 0.05) is 24.7 Å². The lowest BCUT2D eigenvalue weighted by Crippen LogP contribution is -2.13. The average molecular weight is 301 g/mol. The molecule has 0 bridgehead atoms. The van der Waals surface area contributed by atoms with E-state index in [-0.39, 0.29) is 0 Å². The summed E-state index contributed by atoms with van der Waals surface area (Å²) >= 11 is 0. The van der Waals surface area contributed by atoms with Crippen LogP contribution in [0.3, 0.4) is 0 Å². The van der Waals surface area contributed by atoms with E-state index in [1.807, 2.05) is 25.1 Å². The molecule has 0 aliphatic rings. The summed E-state index contributed by atoms with van der Waals surface area (Å²) in [7, 11) is 5.02. The van der Waals surface area contributed by atoms with Gasteiger partial charge >= 0.3 is 0 Å². The molecule has 0 aromatic heterocycles. The average Bonchev–Trinajstić information content (AvgIpc) is 2.56. The van der Waals surface area contributed by atoms with E-state index in [0.29, 0.717) is 0 Å². The predicted octanol–water partition coefficient (Wildman–Crippen LogP) is 3.31. The Kier molecular flexibility index (Phi) is 5.67. The van der Waals surface area contributed by atoms with Crippen molar-refractivity contribution in [2.75, 3.05) is 21.3 Å². The fraction of sp³-hybridized carbons (Fsp3) is 0.333. The van der Waals surface area contributed by atoms with Gasteiger partial charge in [0.05, 0.1) is 21.3 Å². The summed E-state index contributed by atoms with van der Waals surface area (Å²) in [5.41, 5.74) is 3.43. The first-order chi connectivity index (χ1) is 10.7. The Balaban J connectivity index is 1.99. The highest BCUT2D eigenvalue weighted by Crippen LogP contribution is 2.24. The van der Waals surface area contributed by atoms with Crippen LogP contribution in [0.5, 0.6) is 17.2 Å². The van der Waals surface area contributed by atoms with Gasteiger partial charge in [0.1, 0.15) is 17.2 Å². The number of aryl methyl sites for hydroxylation is 1. The minimum absolute atomic E-state index is 0.726. The Hall–Kier alpha value is -2.20. The maximum atomic E-state index is 5.40. The highest BCUT2D eigenvalue weighted by molar-refractivity contribution is 5.41. The molecule has 0 amide bonds. The molecule has 0 saturated carbocycles. The summed E-state index contributed by atoms with van der Waals surface area (Å²) in [5, 5.41) is 3.42. The first-order valence-electron chi connectivity index (χ1n) is 7.23. The first-order valence-corrected chi connectivity index (χ1v) is 7.23. The minimum atomic E-state index is 0.726. The van der Waals surface area contributed by atoms with Gasteiger partial charge in [-0.05, 0) is 30.2 Å². The Morgan fingerprint density at radius 2 is 1.59 bits per heavy atom. The molecule has 0 unspecified atom stereocenters. The number of methoxy groups -OCH3 is 3. The van der Waals surface area contributed by atoms with Gasteiger partial charge in [-0.15, -0.1) is 0 Å². The molecule has 1 N–H and O–H groups in total. The van der Waals surface area contributed by atoms with Gasteiger partial charge in [-0.1, -0.05) is 18.2 Å². The van der Waals surface area contributed by atoms with Crippen molar-refractivity contribution >= 4 is 0 Å². The van der Waals surface area contributed by atoms with Crippen LogP contribution >= 0.6 is 0 Å². The second-order valence-electron chi connectivity index (χ2n) is 5.09. The SMILES string of the molecule is COc1ccc(CNCc2ccc(C)c(OC)c2)c(OC)c1. The van der Waals surface area contributed by atoms with Crippen molar-refractivity contribution in [1.82, 2.24) is 5.32 Å². The zero-order valence-corrected chi connectivity index (χ0v) is 13.6. The Bertz CT molecular complexity index is 626. The predicted molar refractivity (Wildman–Crippen MR) is 87.8 cm³/mol. The smallest absolute Gasteiger partial charge is 0.127 e. The monoisotopic (exact) mass is 301 g/mol. The number of nitrogens with one attached hydrogen (secondary N) is 1. The van der Waals surface area contributed by atoms with Crippen molar-refractivity contribution in [2.24, 2.45) is 0 Å². The third-order valence-electron chi connectivity index (χ3n) is 3.61. The van der Waals surface area contributed by atoms with E-state index in [2.05, 4.69) is 23.5 Å². The standard InChI is InChI=1S/C18H23NO3/c1-13-5-6-14(9-17(13)21-3)11-19-12-15-7-8-16(20-2)10-18(15)22-4/h5-10,19H,11-12H2,1-4H3. The van der Waals surface area contributed by atoms with E-state index < -0.39 is 0 Å². The van der Waals surface area contributed by atoms with E-state index in [1.54, 1.807) is 21.3 Å². The quantitative estimate of drug-likeness (QED) is 0.851. The van der Waals surface area contributed by atoms with Gasteiger partial charge < -0.3 is 19.5 Å². The van der Waals surface area contributed by atoms with Crippen LogP contribution in [-0.2, 0) is 13.1 Å². The lowest BCUT2D eigenvalue weighted by molar-refractivity contribution is 0.389. The molecule has 0 saturated heterocycles. The Morgan fingerprint density at radius 3 is 2.27 bits per heavy atom. The summed E-state index contributed by atoms with van der Waals surface area (Å²) in [6.45, 7) is 3.54. The number of ether oxygens (including phenoxy) is 3. The molecule has 0 spiro atoms. The Morgan fingerprint density at radius 1 is 0.818 bits per heavy atom. The van der Waals surface area contributed by atoms with Crippen molar-refractivity contribution in [3.63, 3.8) is 0 Å². The van der Waals surface area contributed by atoms with Crippen LogP contribution in [-0.4, -0.2) is 21.3 Å². The number of hydrogen-bond acceptors (Lipinski definition) is 4. The minimum Gasteiger partial charge on any atom is -0.497 e. The van der Waals surface area contributed by atoms with Crippen LogP contribution in [0.15, 0.2) is 36.4 Å². The Labute approximate surface area is 132 Å². The first kappa shape index (κ1) is 16.2. The third-order valence-corrected chi connectivity index (χ3v) is 3.61. The molecule has 2 rings (SSSR count). The van der Waals surface area contributed by atoms with Crippen LogP contribution in [0.1, 0.15) is 16.7 Å². The molecule has 22 heavy (non-hydrogen) atoms. The summed E-state index contributed by atoms with van der Waals surface area (Å²) in [4.78, 5) is 0. The van der Waals surface area contributed by atoms with Gasteiger partial charge in [0.2, 0.25) is 0 Å². The second-order valence-corrected chi connectivity index (χ2v) is 5.09. The summed E-state index contributed by atoms with van der Waals surface area (Å²) < 4.78 is 16.0. The molecule has 2 aromatic carbocycles. The molecule has 2 aromatic rings. The second kappa shape index (κ2) is 7.71. The summed E-state index contributed by atoms with van der Waals surface area (Å²) in [6.07, 6.45) is 0. The number of benzene rings is 2. The highest BCUT2D eigenvalue weighted by atomic mass is 16.5. The van der Waals surface area contributed by atoms with E-state index in [0.717, 1.165) is 41.5 Å². The molecule has 0 aliphatic heterocycles. The van der Waals surface area contributed by atoms with Gasteiger partial charge in [0.15, 0.2) is 0 Å². The molecule has 0 atom stereocenters.